The zero-order valence-electron chi connectivity index (χ0n) is 15.5. The number of pyridine rings is 2. The van der Waals surface area contributed by atoms with E-state index < -0.39 is 0 Å². The van der Waals surface area contributed by atoms with E-state index in [1.807, 2.05) is 48.5 Å². The Morgan fingerprint density at radius 1 is 0.889 bits per heavy atom. The highest BCUT2D eigenvalue weighted by atomic mass is 16.5. The number of benzene rings is 1. The predicted octanol–water partition coefficient (Wildman–Crippen LogP) is 5.28. The molecular weight excluding hydrogens is 338 g/mol. The maximum absolute atomic E-state index is 7.00. The Balaban J connectivity index is 0.00000102. The van der Waals surface area contributed by atoms with E-state index in [1.165, 1.54) is 31.2 Å². The first kappa shape index (κ1) is 18.9. The van der Waals surface area contributed by atoms with Gasteiger partial charge in [0, 0.05) is 30.8 Å². The van der Waals surface area contributed by atoms with E-state index in [9.17, 15) is 0 Å². The lowest BCUT2D eigenvalue weighted by Gasteiger charge is -2.14. The van der Waals surface area contributed by atoms with Crippen LogP contribution in [0.25, 0.3) is 0 Å². The van der Waals surface area contributed by atoms with Crippen molar-refractivity contribution in [3.8, 4) is 11.6 Å². The van der Waals surface area contributed by atoms with Gasteiger partial charge >= 0.3 is 0 Å². The van der Waals surface area contributed by atoms with Gasteiger partial charge in [0.2, 0.25) is 5.88 Å². The van der Waals surface area contributed by atoms with E-state index in [0.29, 0.717) is 5.92 Å². The lowest BCUT2D eigenvalue weighted by Crippen LogP contribution is -1.99. The van der Waals surface area contributed by atoms with Gasteiger partial charge in [-0.05, 0) is 61.2 Å². The molecule has 0 unspecified atom stereocenters. The molecule has 2 N–H and O–H groups in total. The van der Waals surface area contributed by atoms with Crippen LogP contribution in [0.1, 0.15) is 37.2 Å². The standard InChI is InChI=1S/C21H21N3O.CH4O/c1-2-7-16(6-1)19-8-5-15-23-21(19)25-18-12-10-17(11-13-18)24-20-9-3-4-14-22-20;1-2/h3-5,8-16H,1-2,6-7H2,(H,22,24);2H,1H3. The maximum atomic E-state index is 7.00. The van der Waals surface area contributed by atoms with Gasteiger partial charge in [-0.1, -0.05) is 25.0 Å². The molecule has 1 aromatic carbocycles. The molecular formula is C22H25N3O2. The van der Waals surface area contributed by atoms with Gasteiger partial charge < -0.3 is 15.2 Å². The quantitative estimate of drug-likeness (QED) is 0.646. The fourth-order valence-corrected chi connectivity index (χ4v) is 3.34. The summed E-state index contributed by atoms with van der Waals surface area (Å²) in [5.41, 5.74) is 2.21. The number of hydrogen-bond acceptors (Lipinski definition) is 5. The number of aromatic nitrogens is 2. The maximum Gasteiger partial charge on any atom is 0.222 e. The first-order chi connectivity index (χ1) is 13.4. The largest absolute Gasteiger partial charge is 0.439 e. The lowest BCUT2D eigenvalue weighted by atomic mass is 9.99. The molecule has 1 saturated carbocycles. The molecule has 5 heteroatoms. The molecule has 2 heterocycles. The van der Waals surface area contributed by atoms with Gasteiger partial charge in [0.05, 0.1) is 0 Å². The Bertz CT molecular complexity index is 816. The van der Waals surface area contributed by atoms with E-state index in [1.54, 1.807) is 12.4 Å². The van der Waals surface area contributed by atoms with Crippen LogP contribution in [0.4, 0.5) is 11.5 Å². The molecule has 5 nitrogen and oxygen atoms in total. The van der Waals surface area contributed by atoms with Crippen LogP contribution < -0.4 is 10.1 Å². The third-order valence-corrected chi connectivity index (χ3v) is 4.60. The highest BCUT2D eigenvalue weighted by Gasteiger charge is 2.21. The third kappa shape index (κ3) is 5.05. The summed E-state index contributed by atoms with van der Waals surface area (Å²) < 4.78 is 6.07. The van der Waals surface area contributed by atoms with E-state index >= 15 is 0 Å². The van der Waals surface area contributed by atoms with Gasteiger partial charge in [-0.2, -0.15) is 0 Å². The summed E-state index contributed by atoms with van der Waals surface area (Å²) in [6.45, 7) is 0. The van der Waals surface area contributed by atoms with E-state index in [0.717, 1.165) is 30.2 Å². The van der Waals surface area contributed by atoms with Crippen LogP contribution in [0.3, 0.4) is 0 Å². The Morgan fingerprint density at radius 3 is 2.33 bits per heavy atom. The molecule has 2 aromatic heterocycles. The number of nitrogens with one attached hydrogen (secondary N) is 1. The van der Waals surface area contributed by atoms with Crippen LogP contribution in [-0.2, 0) is 0 Å². The molecule has 1 aliphatic carbocycles. The molecule has 0 aliphatic heterocycles. The minimum Gasteiger partial charge on any atom is -0.439 e. The van der Waals surface area contributed by atoms with Gasteiger partial charge in [0.1, 0.15) is 11.6 Å². The van der Waals surface area contributed by atoms with Crippen molar-refractivity contribution in [3.05, 3.63) is 72.6 Å². The van der Waals surface area contributed by atoms with Crippen LogP contribution >= 0.6 is 0 Å². The zero-order chi connectivity index (χ0) is 18.9. The second-order valence-electron chi connectivity index (χ2n) is 6.35. The fourth-order valence-electron chi connectivity index (χ4n) is 3.34. The van der Waals surface area contributed by atoms with Crippen molar-refractivity contribution < 1.29 is 9.84 Å². The normalized spacial score (nSPS) is 13.6. The highest BCUT2D eigenvalue weighted by Crippen LogP contribution is 2.39. The summed E-state index contributed by atoms with van der Waals surface area (Å²) in [5, 5.41) is 10.3. The van der Waals surface area contributed by atoms with Crippen molar-refractivity contribution in [2.45, 2.75) is 31.6 Å². The number of aliphatic hydroxyl groups is 1. The van der Waals surface area contributed by atoms with Crippen molar-refractivity contribution in [2.75, 3.05) is 12.4 Å². The minimum atomic E-state index is 0.578. The Hall–Kier alpha value is -2.92. The van der Waals surface area contributed by atoms with Gasteiger partial charge in [-0.3, -0.25) is 0 Å². The Morgan fingerprint density at radius 2 is 1.63 bits per heavy atom. The van der Waals surface area contributed by atoms with Crippen LogP contribution in [0.5, 0.6) is 11.6 Å². The molecule has 3 aromatic rings. The van der Waals surface area contributed by atoms with E-state index in [-0.39, 0.29) is 0 Å². The Kier molecular flexibility index (Phi) is 6.77. The predicted molar refractivity (Wildman–Crippen MR) is 108 cm³/mol. The summed E-state index contributed by atoms with van der Waals surface area (Å²) in [7, 11) is 1.00. The number of ether oxygens (including phenoxy) is 1. The van der Waals surface area contributed by atoms with Gasteiger partial charge in [0.25, 0.3) is 0 Å². The molecule has 1 fully saturated rings. The van der Waals surface area contributed by atoms with Gasteiger partial charge in [-0.15, -0.1) is 0 Å². The molecule has 0 radical (unpaired) electrons. The van der Waals surface area contributed by atoms with Crippen molar-refractivity contribution in [1.29, 1.82) is 0 Å². The second-order valence-corrected chi connectivity index (χ2v) is 6.35. The highest BCUT2D eigenvalue weighted by molar-refractivity contribution is 5.57. The summed E-state index contributed by atoms with van der Waals surface area (Å²) in [5.74, 6) is 2.93. The van der Waals surface area contributed by atoms with Gasteiger partial charge in [0.15, 0.2) is 0 Å². The fraction of sp³-hybridized carbons (Fsp3) is 0.273. The summed E-state index contributed by atoms with van der Waals surface area (Å²) in [6.07, 6.45) is 8.62. The summed E-state index contributed by atoms with van der Waals surface area (Å²) in [6, 6.07) is 17.8. The average Bonchev–Trinajstić information content (AvgIpc) is 3.27. The van der Waals surface area contributed by atoms with Crippen LogP contribution in [0, 0.1) is 0 Å². The molecule has 27 heavy (non-hydrogen) atoms. The number of rotatable bonds is 5. The number of hydrogen-bond donors (Lipinski definition) is 2. The molecule has 1 aliphatic rings. The smallest absolute Gasteiger partial charge is 0.222 e. The minimum absolute atomic E-state index is 0.578. The summed E-state index contributed by atoms with van der Waals surface area (Å²) in [4.78, 5) is 8.73. The molecule has 4 rings (SSSR count). The number of anilines is 2. The molecule has 0 amide bonds. The molecule has 0 spiro atoms. The van der Waals surface area contributed by atoms with Crippen molar-refractivity contribution in [3.63, 3.8) is 0 Å². The first-order valence-electron chi connectivity index (χ1n) is 9.24. The van der Waals surface area contributed by atoms with Crippen molar-refractivity contribution in [2.24, 2.45) is 0 Å². The van der Waals surface area contributed by atoms with E-state index in [2.05, 4.69) is 21.4 Å². The summed E-state index contributed by atoms with van der Waals surface area (Å²) >= 11 is 0. The molecule has 0 bridgehead atoms. The van der Waals surface area contributed by atoms with Crippen LogP contribution in [0.15, 0.2) is 67.0 Å². The SMILES string of the molecule is CO.c1ccc(Nc2ccc(Oc3ncccc3C3CCCC3)cc2)nc1. The monoisotopic (exact) mass is 363 g/mol. The van der Waals surface area contributed by atoms with Crippen molar-refractivity contribution in [1.82, 2.24) is 9.97 Å². The Labute approximate surface area is 160 Å². The van der Waals surface area contributed by atoms with Crippen molar-refractivity contribution >= 4 is 11.5 Å². The van der Waals surface area contributed by atoms with E-state index in [4.69, 9.17) is 9.84 Å². The number of aliphatic hydroxyl groups excluding tert-OH is 1. The topological polar surface area (TPSA) is 67.3 Å². The molecule has 0 saturated heterocycles. The van der Waals surface area contributed by atoms with Crippen LogP contribution in [-0.4, -0.2) is 22.2 Å². The second kappa shape index (κ2) is 9.69. The first-order valence-corrected chi connectivity index (χ1v) is 9.24. The van der Waals surface area contributed by atoms with Crippen LogP contribution in [0.2, 0.25) is 0 Å². The molecule has 140 valence electrons. The molecule has 0 atom stereocenters. The van der Waals surface area contributed by atoms with Gasteiger partial charge in [-0.25, -0.2) is 9.97 Å². The average molecular weight is 363 g/mol. The zero-order valence-corrected chi connectivity index (χ0v) is 15.5. The number of nitrogens with zero attached hydrogens (tertiary/aromatic N) is 2. The third-order valence-electron chi connectivity index (χ3n) is 4.60. The lowest BCUT2D eigenvalue weighted by molar-refractivity contribution is 0.399.